The van der Waals surface area contributed by atoms with Crippen molar-refractivity contribution in [3.8, 4) is 0 Å². The quantitative estimate of drug-likeness (QED) is 0.766. The number of carbonyl (C=O) groups is 1. The lowest BCUT2D eigenvalue weighted by Crippen LogP contribution is -2.52. The third-order valence-corrected chi connectivity index (χ3v) is 5.47. The number of carbonyl (C=O) groups excluding carboxylic acids is 1. The molecule has 6 heteroatoms. The third-order valence-electron chi connectivity index (χ3n) is 5.47. The van der Waals surface area contributed by atoms with Gasteiger partial charge in [-0.15, -0.1) is 0 Å². The van der Waals surface area contributed by atoms with Gasteiger partial charge < -0.3 is 20.3 Å². The minimum atomic E-state index is -0.479. The van der Waals surface area contributed by atoms with Gasteiger partial charge in [0.25, 0.3) is 0 Å². The van der Waals surface area contributed by atoms with Crippen LogP contribution in [0.5, 0.6) is 0 Å². The Morgan fingerprint density at radius 2 is 1.88 bits per heavy atom. The van der Waals surface area contributed by atoms with Gasteiger partial charge in [-0.3, -0.25) is 0 Å². The van der Waals surface area contributed by atoms with Gasteiger partial charge in [-0.2, -0.15) is 0 Å². The number of likely N-dealkylation sites (tertiary alicyclic amines) is 1. The number of nitrogens with zero attached hydrogens (tertiary/aromatic N) is 2. The fourth-order valence-electron chi connectivity index (χ4n) is 4.17. The molecular formula is C20H30FN3O2. The summed E-state index contributed by atoms with van der Waals surface area (Å²) in [6, 6.07) is 4.84. The molecule has 2 fully saturated rings. The van der Waals surface area contributed by atoms with Crippen molar-refractivity contribution in [2.24, 2.45) is 5.41 Å². The average molecular weight is 363 g/mol. The number of rotatable bonds is 1. The second-order valence-electron chi connectivity index (χ2n) is 8.67. The second-order valence-corrected chi connectivity index (χ2v) is 8.67. The van der Waals surface area contributed by atoms with E-state index in [0.717, 1.165) is 51.9 Å². The summed E-state index contributed by atoms with van der Waals surface area (Å²) in [4.78, 5) is 16.3. The summed E-state index contributed by atoms with van der Waals surface area (Å²) >= 11 is 0. The van der Waals surface area contributed by atoms with Crippen molar-refractivity contribution in [2.45, 2.75) is 52.1 Å². The smallest absolute Gasteiger partial charge is 0.410 e. The van der Waals surface area contributed by atoms with E-state index in [4.69, 9.17) is 10.5 Å². The average Bonchev–Trinajstić information content (AvgIpc) is 2.55. The SMILES string of the molecule is CC(C)(C)OC(=O)N1CCCC2(CCN(c3c(N)cccc3F)CC2)C1. The van der Waals surface area contributed by atoms with E-state index in [1.807, 2.05) is 30.6 Å². The van der Waals surface area contributed by atoms with Crippen molar-refractivity contribution in [1.29, 1.82) is 0 Å². The summed E-state index contributed by atoms with van der Waals surface area (Å²) < 4.78 is 19.7. The van der Waals surface area contributed by atoms with Crippen molar-refractivity contribution in [1.82, 2.24) is 4.90 Å². The molecular weight excluding hydrogens is 333 g/mol. The molecule has 144 valence electrons. The van der Waals surface area contributed by atoms with Crippen molar-refractivity contribution in [3.63, 3.8) is 0 Å². The molecule has 0 aliphatic carbocycles. The number of nitrogens with two attached hydrogens (primary N) is 1. The van der Waals surface area contributed by atoms with Gasteiger partial charge in [0.05, 0.1) is 11.4 Å². The minimum Gasteiger partial charge on any atom is -0.444 e. The first kappa shape index (κ1) is 18.8. The number of halogens is 1. The highest BCUT2D eigenvalue weighted by molar-refractivity contribution is 5.69. The Bertz CT molecular complexity index is 643. The number of nitrogen functional groups attached to an aromatic ring is 1. The van der Waals surface area contributed by atoms with Gasteiger partial charge in [0, 0.05) is 26.2 Å². The van der Waals surface area contributed by atoms with Gasteiger partial charge in [-0.1, -0.05) is 6.07 Å². The standard InChI is InChI=1S/C20H30FN3O2/c1-19(2,3)26-18(25)24-11-5-8-20(14-24)9-12-23(13-10-20)17-15(21)6-4-7-16(17)22/h4,6-7H,5,8-14,22H2,1-3H3. The van der Waals surface area contributed by atoms with Crippen LogP contribution in [-0.2, 0) is 4.74 Å². The first-order valence-corrected chi connectivity index (χ1v) is 9.46. The molecule has 2 N–H and O–H groups in total. The van der Waals surface area contributed by atoms with E-state index in [0.29, 0.717) is 11.4 Å². The van der Waals surface area contributed by atoms with E-state index in [2.05, 4.69) is 0 Å². The van der Waals surface area contributed by atoms with Crippen LogP contribution in [0, 0.1) is 11.2 Å². The Morgan fingerprint density at radius 3 is 2.50 bits per heavy atom. The lowest BCUT2D eigenvalue weighted by Gasteiger charge is -2.48. The highest BCUT2D eigenvalue weighted by Crippen LogP contribution is 2.42. The maximum Gasteiger partial charge on any atom is 0.410 e. The fraction of sp³-hybridized carbons (Fsp3) is 0.650. The summed E-state index contributed by atoms with van der Waals surface area (Å²) in [7, 11) is 0. The van der Waals surface area contributed by atoms with Gasteiger partial charge >= 0.3 is 6.09 Å². The van der Waals surface area contributed by atoms with Crippen LogP contribution >= 0.6 is 0 Å². The van der Waals surface area contributed by atoms with Crippen LogP contribution in [0.4, 0.5) is 20.6 Å². The Balaban J connectivity index is 1.65. The minimum absolute atomic E-state index is 0.103. The lowest BCUT2D eigenvalue weighted by atomic mass is 9.72. The van der Waals surface area contributed by atoms with Crippen LogP contribution in [0.2, 0.25) is 0 Å². The van der Waals surface area contributed by atoms with E-state index in [1.54, 1.807) is 12.1 Å². The molecule has 5 nitrogen and oxygen atoms in total. The number of hydrogen-bond acceptors (Lipinski definition) is 4. The molecule has 2 saturated heterocycles. The summed E-state index contributed by atoms with van der Waals surface area (Å²) in [5.41, 5.74) is 6.62. The number of amides is 1. The summed E-state index contributed by atoms with van der Waals surface area (Å²) in [6.07, 6.45) is 3.73. The van der Waals surface area contributed by atoms with Gasteiger partial charge in [-0.05, 0) is 64.0 Å². The predicted octanol–water partition coefficient (Wildman–Crippen LogP) is 4.03. The Kier molecular flexibility index (Phi) is 5.04. The van der Waals surface area contributed by atoms with Crippen molar-refractivity contribution in [2.75, 3.05) is 36.8 Å². The van der Waals surface area contributed by atoms with Crippen molar-refractivity contribution < 1.29 is 13.9 Å². The van der Waals surface area contributed by atoms with Gasteiger partial charge in [-0.25, -0.2) is 9.18 Å². The number of hydrogen-bond donors (Lipinski definition) is 1. The van der Waals surface area contributed by atoms with E-state index >= 15 is 0 Å². The number of para-hydroxylation sites is 1. The molecule has 0 atom stereocenters. The molecule has 0 unspecified atom stereocenters. The zero-order valence-electron chi connectivity index (χ0n) is 16.1. The highest BCUT2D eigenvalue weighted by atomic mass is 19.1. The van der Waals surface area contributed by atoms with E-state index in [-0.39, 0.29) is 17.3 Å². The van der Waals surface area contributed by atoms with Crippen LogP contribution in [0.15, 0.2) is 18.2 Å². The van der Waals surface area contributed by atoms with Gasteiger partial charge in [0.15, 0.2) is 0 Å². The molecule has 0 aromatic heterocycles. The monoisotopic (exact) mass is 363 g/mol. The molecule has 3 rings (SSSR count). The fourth-order valence-corrected chi connectivity index (χ4v) is 4.17. The highest BCUT2D eigenvalue weighted by Gasteiger charge is 2.41. The largest absolute Gasteiger partial charge is 0.444 e. The topological polar surface area (TPSA) is 58.8 Å². The van der Waals surface area contributed by atoms with Crippen molar-refractivity contribution in [3.05, 3.63) is 24.0 Å². The number of piperidine rings is 2. The molecule has 2 aliphatic heterocycles. The van der Waals surface area contributed by atoms with E-state index in [9.17, 15) is 9.18 Å². The Morgan fingerprint density at radius 1 is 1.19 bits per heavy atom. The van der Waals surface area contributed by atoms with E-state index < -0.39 is 5.60 Å². The maximum atomic E-state index is 14.2. The van der Waals surface area contributed by atoms with Gasteiger partial charge in [0.1, 0.15) is 11.4 Å². The molecule has 1 amide bonds. The molecule has 0 bridgehead atoms. The number of benzene rings is 1. The maximum absolute atomic E-state index is 14.2. The van der Waals surface area contributed by atoms with Crippen LogP contribution in [-0.4, -0.2) is 42.8 Å². The molecule has 2 heterocycles. The lowest BCUT2D eigenvalue weighted by molar-refractivity contribution is -0.000529. The molecule has 26 heavy (non-hydrogen) atoms. The molecule has 0 radical (unpaired) electrons. The van der Waals surface area contributed by atoms with Crippen molar-refractivity contribution >= 4 is 17.5 Å². The molecule has 0 saturated carbocycles. The zero-order chi connectivity index (χ0) is 18.9. The van der Waals surface area contributed by atoms with E-state index in [1.165, 1.54) is 6.07 Å². The molecule has 1 aromatic rings. The number of ether oxygens (including phenoxy) is 1. The van der Waals surface area contributed by atoms with Crippen LogP contribution in [0.3, 0.4) is 0 Å². The van der Waals surface area contributed by atoms with Crippen LogP contribution < -0.4 is 10.6 Å². The zero-order valence-corrected chi connectivity index (χ0v) is 16.1. The predicted molar refractivity (Wildman–Crippen MR) is 102 cm³/mol. The summed E-state index contributed by atoms with van der Waals surface area (Å²) in [6.45, 7) is 8.66. The Hall–Kier alpha value is -1.98. The normalized spacial score (nSPS) is 20.3. The summed E-state index contributed by atoms with van der Waals surface area (Å²) in [5.74, 6) is -0.264. The molecule has 1 spiro atoms. The second kappa shape index (κ2) is 6.97. The van der Waals surface area contributed by atoms with Crippen LogP contribution in [0.1, 0.15) is 46.5 Å². The van der Waals surface area contributed by atoms with Crippen LogP contribution in [0.25, 0.3) is 0 Å². The third kappa shape index (κ3) is 4.05. The van der Waals surface area contributed by atoms with Gasteiger partial charge in [0.2, 0.25) is 0 Å². The number of anilines is 2. The molecule has 1 aromatic carbocycles. The Labute approximate surface area is 155 Å². The molecule has 2 aliphatic rings. The first-order valence-electron chi connectivity index (χ1n) is 9.46. The summed E-state index contributed by atoms with van der Waals surface area (Å²) in [5, 5.41) is 0. The first-order chi connectivity index (χ1) is 12.2.